The molecule has 114 valence electrons. The molecule has 2 rings (SSSR count). The molecule has 0 aromatic heterocycles. The molecule has 1 aliphatic heterocycles. The predicted octanol–water partition coefficient (Wildman–Crippen LogP) is 1.08. The highest BCUT2D eigenvalue weighted by Gasteiger charge is 2.28. The van der Waals surface area contributed by atoms with Crippen LogP contribution in [-0.4, -0.2) is 54.3 Å². The minimum atomic E-state index is -1.04. The molecule has 21 heavy (non-hydrogen) atoms. The number of aryl methyl sites for hydroxylation is 1. The summed E-state index contributed by atoms with van der Waals surface area (Å²) in [5.74, 6) is -0.422. The summed E-state index contributed by atoms with van der Waals surface area (Å²) in [6.07, 6.45) is -0.708. The van der Waals surface area contributed by atoms with Gasteiger partial charge in [0.1, 0.15) is 5.75 Å². The number of hydrogen-bond acceptors (Lipinski definition) is 4. The van der Waals surface area contributed by atoms with E-state index >= 15 is 0 Å². The highest BCUT2D eigenvalue weighted by molar-refractivity contribution is 5.78. The van der Waals surface area contributed by atoms with Crippen molar-refractivity contribution in [1.29, 1.82) is 0 Å². The van der Waals surface area contributed by atoms with Crippen molar-refractivity contribution in [3.63, 3.8) is 0 Å². The van der Waals surface area contributed by atoms with E-state index in [9.17, 15) is 9.59 Å². The van der Waals surface area contributed by atoms with Gasteiger partial charge in [0, 0.05) is 6.54 Å². The Labute approximate surface area is 123 Å². The van der Waals surface area contributed by atoms with Crippen molar-refractivity contribution < 1.29 is 24.2 Å². The van der Waals surface area contributed by atoms with Gasteiger partial charge in [-0.05, 0) is 24.6 Å². The molecule has 1 aromatic carbocycles. The Balaban J connectivity index is 1.78. The van der Waals surface area contributed by atoms with Crippen molar-refractivity contribution in [2.45, 2.75) is 19.4 Å². The van der Waals surface area contributed by atoms with Gasteiger partial charge in [-0.1, -0.05) is 12.1 Å². The number of hydrogen-bond donors (Lipinski definition) is 1. The zero-order valence-corrected chi connectivity index (χ0v) is 11.9. The van der Waals surface area contributed by atoms with Crippen molar-refractivity contribution >= 4 is 11.9 Å². The quantitative estimate of drug-likeness (QED) is 0.879. The second-order valence-electron chi connectivity index (χ2n) is 4.95. The van der Waals surface area contributed by atoms with Gasteiger partial charge in [-0.3, -0.25) is 4.79 Å². The molecule has 1 atom stereocenters. The van der Waals surface area contributed by atoms with E-state index in [4.69, 9.17) is 14.6 Å². The van der Waals surface area contributed by atoms with Gasteiger partial charge in [0.05, 0.1) is 26.2 Å². The van der Waals surface area contributed by atoms with Crippen LogP contribution in [0.3, 0.4) is 0 Å². The molecule has 1 saturated heterocycles. The average molecular weight is 293 g/mol. The molecule has 0 radical (unpaired) electrons. The van der Waals surface area contributed by atoms with E-state index in [2.05, 4.69) is 0 Å². The first-order valence-electron chi connectivity index (χ1n) is 6.88. The molecule has 1 fully saturated rings. The molecule has 6 heteroatoms. The van der Waals surface area contributed by atoms with Gasteiger partial charge in [0.2, 0.25) is 5.91 Å². The Morgan fingerprint density at radius 2 is 2.29 bits per heavy atom. The van der Waals surface area contributed by atoms with Gasteiger partial charge in [-0.2, -0.15) is 0 Å². The Hall–Kier alpha value is -2.08. The van der Waals surface area contributed by atoms with Crippen LogP contribution < -0.4 is 4.74 Å². The lowest BCUT2D eigenvalue weighted by Crippen LogP contribution is -2.48. The number of rotatable bonds is 5. The number of aliphatic carboxylic acids is 1. The molecule has 1 unspecified atom stereocenters. The van der Waals surface area contributed by atoms with Crippen LogP contribution in [0.2, 0.25) is 0 Å². The Bertz CT molecular complexity index is 517. The maximum Gasteiger partial charge on any atom is 0.334 e. The third-order valence-corrected chi connectivity index (χ3v) is 3.27. The molecule has 0 aliphatic carbocycles. The number of carbonyl (C=O) groups excluding carboxylic acids is 1. The maximum atomic E-state index is 12.0. The first-order chi connectivity index (χ1) is 10.1. The second-order valence-corrected chi connectivity index (χ2v) is 4.95. The number of carboxylic acids is 1. The van der Waals surface area contributed by atoms with E-state index in [1.165, 1.54) is 4.90 Å². The minimum absolute atomic E-state index is 0.0958. The van der Waals surface area contributed by atoms with Gasteiger partial charge < -0.3 is 19.5 Å². The molecule has 0 bridgehead atoms. The van der Waals surface area contributed by atoms with Crippen molar-refractivity contribution in [2.24, 2.45) is 0 Å². The van der Waals surface area contributed by atoms with Crippen LogP contribution in [-0.2, 0) is 14.3 Å². The summed E-state index contributed by atoms with van der Waals surface area (Å²) in [5.41, 5.74) is 1.09. The third-order valence-electron chi connectivity index (χ3n) is 3.27. The molecule has 1 N–H and O–H groups in total. The van der Waals surface area contributed by atoms with E-state index in [1.807, 2.05) is 31.2 Å². The summed E-state index contributed by atoms with van der Waals surface area (Å²) in [5, 5.41) is 8.90. The molecule has 0 saturated carbocycles. The van der Waals surface area contributed by atoms with Crippen molar-refractivity contribution in [3.05, 3.63) is 29.8 Å². The summed E-state index contributed by atoms with van der Waals surface area (Å²) in [4.78, 5) is 24.4. The zero-order chi connectivity index (χ0) is 15.2. The summed E-state index contributed by atoms with van der Waals surface area (Å²) in [6.45, 7) is 3.02. The monoisotopic (exact) mass is 293 g/mol. The zero-order valence-electron chi connectivity index (χ0n) is 11.9. The fourth-order valence-corrected chi connectivity index (χ4v) is 2.14. The number of morpholine rings is 1. The lowest BCUT2D eigenvalue weighted by atomic mass is 10.2. The van der Waals surface area contributed by atoms with Crippen LogP contribution in [0.5, 0.6) is 5.75 Å². The van der Waals surface area contributed by atoms with Crippen molar-refractivity contribution in [3.8, 4) is 5.75 Å². The van der Waals surface area contributed by atoms with Gasteiger partial charge in [0.25, 0.3) is 0 Å². The molecule has 1 amide bonds. The van der Waals surface area contributed by atoms with E-state index < -0.39 is 12.1 Å². The van der Waals surface area contributed by atoms with Gasteiger partial charge >= 0.3 is 5.97 Å². The summed E-state index contributed by atoms with van der Waals surface area (Å²) in [7, 11) is 0. The first-order valence-corrected chi connectivity index (χ1v) is 6.88. The van der Waals surface area contributed by atoms with Crippen LogP contribution in [0.15, 0.2) is 24.3 Å². The van der Waals surface area contributed by atoms with Crippen LogP contribution in [0, 0.1) is 6.92 Å². The Kier molecular flexibility index (Phi) is 5.16. The normalized spacial score (nSPS) is 18.3. The lowest BCUT2D eigenvalue weighted by Gasteiger charge is -2.30. The van der Waals surface area contributed by atoms with E-state index in [1.54, 1.807) is 0 Å². The van der Waals surface area contributed by atoms with Crippen LogP contribution >= 0.6 is 0 Å². The molecular formula is C15H19NO5. The standard InChI is InChI=1S/C15H19NO5/c1-11-3-2-4-12(9-11)20-7-5-14(17)16-6-8-21-13(10-16)15(18)19/h2-4,9,13H,5-8,10H2,1H3,(H,18,19). The highest BCUT2D eigenvalue weighted by atomic mass is 16.5. The van der Waals surface area contributed by atoms with Crippen LogP contribution in [0.1, 0.15) is 12.0 Å². The van der Waals surface area contributed by atoms with Gasteiger partial charge in [0.15, 0.2) is 6.10 Å². The first kappa shape index (κ1) is 15.3. The highest BCUT2D eigenvalue weighted by Crippen LogP contribution is 2.13. The summed E-state index contributed by atoms with van der Waals surface area (Å²) >= 11 is 0. The van der Waals surface area contributed by atoms with Crippen molar-refractivity contribution in [2.75, 3.05) is 26.3 Å². The fraction of sp³-hybridized carbons (Fsp3) is 0.467. The van der Waals surface area contributed by atoms with Crippen molar-refractivity contribution in [1.82, 2.24) is 4.90 Å². The summed E-state index contributed by atoms with van der Waals surface area (Å²) < 4.78 is 10.6. The third kappa shape index (κ3) is 4.46. The second kappa shape index (κ2) is 7.08. The van der Waals surface area contributed by atoms with Gasteiger partial charge in [-0.15, -0.1) is 0 Å². The molecule has 1 aromatic rings. The van der Waals surface area contributed by atoms with E-state index in [0.29, 0.717) is 6.54 Å². The summed E-state index contributed by atoms with van der Waals surface area (Å²) in [6, 6.07) is 7.61. The largest absolute Gasteiger partial charge is 0.493 e. The number of carboxylic acid groups (broad SMARTS) is 1. The lowest BCUT2D eigenvalue weighted by molar-refractivity contribution is -0.159. The Morgan fingerprint density at radius 3 is 3.00 bits per heavy atom. The van der Waals surface area contributed by atoms with Gasteiger partial charge in [-0.25, -0.2) is 4.79 Å². The number of ether oxygens (including phenoxy) is 2. The minimum Gasteiger partial charge on any atom is -0.493 e. The Morgan fingerprint density at radius 1 is 1.48 bits per heavy atom. The SMILES string of the molecule is Cc1cccc(OCCC(=O)N2CCOC(C(=O)O)C2)c1. The predicted molar refractivity (Wildman–Crippen MR) is 75.2 cm³/mol. The molecule has 1 heterocycles. The van der Waals surface area contributed by atoms with Crippen LogP contribution in [0.4, 0.5) is 0 Å². The number of nitrogens with zero attached hydrogens (tertiary/aromatic N) is 1. The molecule has 0 spiro atoms. The fourth-order valence-electron chi connectivity index (χ4n) is 2.14. The molecule has 6 nitrogen and oxygen atoms in total. The molecule has 1 aliphatic rings. The topological polar surface area (TPSA) is 76.1 Å². The van der Waals surface area contributed by atoms with E-state index in [0.717, 1.165) is 11.3 Å². The van der Waals surface area contributed by atoms with E-state index in [-0.39, 0.29) is 32.1 Å². The average Bonchev–Trinajstić information content (AvgIpc) is 2.47. The smallest absolute Gasteiger partial charge is 0.334 e. The number of carbonyl (C=O) groups is 2. The number of amides is 1. The number of benzene rings is 1. The molecular weight excluding hydrogens is 274 g/mol. The van der Waals surface area contributed by atoms with Crippen LogP contribution in [0.25, 0.3) is 0 Å². The maximum absolute atomic E-state index is 12.0.